The summed E-state index contributed by atoms with van der Waals surface area (Å²) < 4.78 is 75.5. The summed E-state index contributed by atoms with van der Waals surface area (Å²) in [6.45, 7) is 0.743. The van der Waals surface area contributed by atoms with E-state index in [4.69, 9.17) is 4.55 Å². The maximum absolute atomic E-state index is 12.5. The molecule has 0 spiro atoms. The van der Waals surface area contributed by atoms with E-state index in [9.17, 15) is 26.2 Å². The molecule has 1 N–H and O–H groups in total. The molecule has 0 aromatic heterocycles. The Hall–Kier alpha value is -0.240. The van der Waals surface area contributed by atoms with Gasteiger partial charge in [0.25, 0.3) is 0 Å². The first-order chi connectivity index (χ1) is 5.44. The van der Waals surface area contributed by atoms with Crippen LogP contribution in [0.1, 0.15) is 13.8 Å². The van der Waals surface area contributed by atoms with Gasteiger partial charge in [-0.1, -0.05) is 0 Å². The standard InChI is InChI=1S/C5H7F5O2S/c1-3(2,13(11)12)4(6,7)5(8,9)10/h1-2H3,(H,11,12). The molecule has 0 rings (SSSR count). The summed E-state index contributed by atoms with van der Waals surface area (Å²) in [4.78, 5) is 0. The first kappa shape index (κ1) is 12.8. The molecule has 0 fully saturated rings. The molecule has 0 saturated heterocycles. The fourth-order valence-electron chi connectivity index (χ4n) is 0.451. The first-order valence-electron chi connectivity index (χ1n) is 3.00. The maximum atomic E-state index is 12.5. The highest BCUT2D eigenvalue weighted by molar-refractivity contribution is 7.80. The summed E-state index contributed by atoms with van der Waals surface area (Å²) in [5, 5.41) is 0. The summed E-state index contributed by atoms with van der Waals surface area (Å²) in [6, 6.07) is 0. The number of rotatable bonds is 2. The summed E-state index contributed by atoms with van der Waals surface area (Å²) in [5.41, 5.74) is 0. The van der Waals surface area contributed by atoms with Crippen LogP contribution in [-0.4, -0.2) is 25.6 Å². The van der Waals surface area contributed by atoms with Gasteiger partial charge in [-0.2, -0.15) is 22.0 Å². The monoisotopic (exact) mass is 226 g/mol. The largest absolute Gasteiger partial charge is 0.454 e. The highest BCUT2D eigenvalue weighted by Gasteiger charge is 2.68. The van der Waals surface area contributed by atoms with Crippen LogP contribution in [0.5, 0.6) is 0 Å². The lowest BCUT2D eigenvalue weighted by atomic mass is 10.1. The number of alkyl halides is 5. The Kier molecular flexibility index (Phi) is 3.10. The average molecular weight is 226 g/mol. The molecule has 0 aliphatic rings. The molecule has 0 aliphatic carbocycles. The van der Waals surface area contributed by atoms with Gasteiger partial charge in [-0.05, 0) is 13.8 Å². The third-order valence-electron chi connectivity index (χ3n) is 1.55. The molecule has 0 aliphatic heterocycles. The van der Waals surface area contributed by atoms with Crippen molar-refractivity contribution in [1.29, 1.82) is 0 Å². The summed E-state index contributed by atoms with van der Waals surface area (Å²) in [7, 11) is 0. The number of hydrogen-bond donors (Lipinski definition) is 1. The SMILES string of the molecule is CC(C)(S(=O)O)C(F)(F)C(F)(F)F. The van der Waals surface area contributed by atoms with E-state index < -0.39 is 27.9 Å². The van der Waals surface area contributed by atoms with Gasteiger partial charge in [-0.15, -0.1) is 0 Å². The lowest BCUT2D eigenvalue weighted by molar-refractivity contribution is -0.292. The minimum atomic E-state index is -5.82. The van der Waals surface area contributed by atoms with Gasteiger partial charge in [0, 0.05) is 0 Å². The van der Waals surface area contributed by atoms with Gasteiger partial charge >= 0.3 is 12.1 Å². The van der Waals surface area contributed by atoms with Crippen LogP contribution >= 0.6 is 0 Å². The molecule has 80 valence electrons. The van der Waals surface area contributed by atoms with Crippen molar-refractivity contribution in [2.75, 3.05) is 0 Å². The molecule has 8 heteroatoms. The summed E-state index contributed by atoms with van der Waals surface area (Å²) in [6.07, 6.45) is -5.82. The lowest BCUT2D eigenvalue weighted by Gasteiger charge is -2.31. The fourth-order valence-corrected chi connectivity index (χ4v) is 0.786. The third kappa shape index (κ3) is 1.98. The minimum Gasteiger partial charge on any atom is -0.306 e. The molecule has 1 atom stereocenters. The van der Waals surface area contributed by atoms with Gasteiger partial charge in [0.05, 0.1) is 0 Å². The Morgan fingerprint density at radius 3 is 1.46 bits per heavy atom. The maximum Gasteiger partial charge on any atom is 0.454 e. The normalized spacial score (nSPS) is 17.2. The van der Waals surface area contributed by atoms with Crippen LogP contribution in [0.15, 0.2) is 0 Å². The molecule has 0 heterocycles. The van der Waals surface area contributed by atoms with Crippen LogP contribution in [0.3, 0.4) is 0 Å². The van der Waals surface area contributed by atoms with Gasteiger partial charge in [-0.3, -0.25) is 0 Å². The van der Waals surface area contributed by atoms with E-state index in [1.165, 1.54) is 0 Å². The van der Waals surface area contributed by atoms with Crippen LogP contribution in [0.4, 0.5) is 22.0 Å². The zero-order valence-electron chi connectivity index (χ0n) is 6.65. The van der Waals surface area contributed by atoms with Crippen molar-refractivity contribution in [2.45, 2.75) is 30.7 Å². The van der Waals surface area contributed by atoms with Crippen molar-refractivity contribution in [3.05, 3.63) is 0 Å². The van der Waals surface area contributed by atoms with E-state index in [2.05, 4.69) is 0 Å². The van der Waals surface area contributed by atoms with Crippen molar-refractivity contribution in [1.82, 2.24) is 0 Å². The second-order valence-electron chi connectivity index (χ2n) is 2.83. The van der Waals surface area contributed by atoms with Crippen LogP contribution < -0.4 is 0 Å². The van der Waals surface area contributed by atoms with Crippen molar-refractivity contribution in [3.63, 3.8) is 0 Å². The Balaban J connectivity index is 5.16. The van der Waals surface area contributed by atoms with Gasteiger partial charge in [0.1, 0.15) is 4.75 Å². The lowest BCUT2D eigenvalue weighted by Crippen LogP contribution is -2.55. The molecule has 2 nitrogen and oxygen atoms in total. The van der Waals surface area contributed by atoms with E-state index in [0.29, 0.717) is 13.8 Å². The first-order valence-corrected chi connectivity index (χ1v) is 4.11. The molecule has 0 aromatic carbocycles. The third-order valence-corrected chi connectivity index (χ3v) is 2.68. The molecule has 0 amide bonds. The van der Waals surface area contributed by atoms with Crippen LogP contribution in [0, 0.1) is 0 Å². The Morgan fingerprint density at radius 2 is 1.38 bits per heavy atom. The van der Waals surface area contributed by atoms with Crippen LogP contribution in [-0.2, 0) is 11.1 Å². The second kappa shape index (κ2) is 3.16. The van der Waals surface area contributed by atoms with Crippen molar-refractivity contribution in [2.24, 2.45) is 0 Å². The van der Waals surface area contributed by atoms with Gasteiger partial charge in [0.2, 0.25) is 0 Å². The summed E-state index contributed by atoms with van der Waals surface area (Å²) >= 11 is -3.26. The van der Waals surface area contributed by atoms with Gasteiger partial charge < -0.3 is 4.55 Å². The van der Waals surface area contributed by atoms with E-state index in [1.807, 2.05) is 0 Å². The van der Waals surface area contributed by atoms with Crippen molar-refractivity contribution < 1.29 is 30.7 Å². The minimum absolute atomic E-state index is 0.372. The summed E-state index contributed by atoms with van der Waals surface area (Å²) in [5.74, 6) is -5.19. The molecule has 0 bridgehead atoms. The molecule has 1 unspecified atom stereocenters. The molecule has 0 aromatic rings. The van der Waals surface area contributed by atoms with Crippen LogP contribution in [0.25, 0.3) is 0 Å². The second-order valence-corrected chi connectivity index (χ2v) is 4.35. The topological polar surface area (TPSA) is 37.3 Å². The van der Waals surface area contributed by atoms with Gasteiger partial charge in [0.15, 0.2) is 11.1 Å². The van der Waals surface area contributed by atoms with Gasteiger partial charge in [-0.25, -0.2) is 4.21 Å². The van der Waals surface area contributed by atoms with E-state index in [1.54, 1.807) is 0 Å². The average Bonchev–Trinajstić information content (AvgIpc) is 1.84. The molecule has 0 radical (unpaired) electrons. The molecule has 13 heavy (non-hydrogen) atoms. The zero-order valence-corrected chi connectivity index (χ0v) is 7.47. The quantitative estimate of drug-likeness (QED) is 0.578. The van der Waals surface area contributed by atoms with Crippen molar-refractivity contribution in [3.8, 4) is 0 Å². The highest BCUT2D eigenvalue weighted by atomic mass is 32.2. The number of hydrogen-bond acceptors (Lipinski definition) is 1. The molecule has 0 saturated carbocycles. The predicted octanol–water partition coefficient (Wildman–Crippen LogP) is 2.18. The molecular formula is C5H7F5O2S. The van der Waals surface area contributed by atoms with Crippen molar-refractivity contribution >= 4 is 11.1 Å². The van der Waals surface area contributed by atoms with E-state index >= 15 is 0 Å². The molecular weight excluding hydrogens is 219 g/mol. The van der Waals surface area contributed by atoms with E-state index in [-0.39, 0.29) is 0 Å². The number of halogens is 5. The smallest absolute Gasteiger partial charge is 0.306 e. The highest BCUT2D eigenvalue weighted by Crippen LogP contribution is 2.45. The Bertz CT molecular complexity index is 221. The fraction of sp³-hybridized carbons (Fsp3) is 1.00. The predicted molar refractivity (Wildman–Crippen MR) is 35.9 cm³/mol. The van der Waals surface area contributed by atoms with E-state index in [0.717, 1.165) is 0 Å². The van der Waals surface area contributed by atoms with Crippen LogP contribution in [0.2, 0.25) is 0 Å². The Labute approximate surface area is 73.4 Å². The Morgan fingerprint density at radius 1 is 1.08 bits per heavy atom. The zero-order chi connectivity index (χ0) is 11.1.